The second-order valence-electron chi connectivity index (χ2n) is 6.21. The van der Waals surface area contributed by atoms with Crippen molar-refractivity contribution in [2.45, 2.75) is 26.3 Å². The Balaban J connectivity index is 1.98. The van der Waals surface area contributed by atoms with Crippen LogP contribution < -0.4 is 16.0 Å². The van der Waals surface area contributed by atoms with Crippen LogP contribution >= 0.6 is 11.6 Å². The van der Waals surface area contributed by atoms with Crippen LogP contribution in [-0.4, -0.2) is 32.0 Å². The normalized spacial score (nSPS) is 12.4. The minimum Gasteiger partial charge on any atom is -0.357 e. The summed E-state index contributed by atoms with van der Waals surface area (Å²) in [5, 5.41) is 10.1. The van der Waals surface area contributed by atoms with E-state index in [0.29, 0.717) is 12.1 Å². The number of carbonyl (C=O) groups excluding carboxylic acids is 1. The zero-order chi connectivity index (χ0) is 19.6. The van der Waals surface area contributed by atoms with Gasteiger partial charge in [-0.15, -0.1) is 0 Å². The van der Waals surface area contributed by atoms with Gasteiger partial charge in [0, 0.05) is 30.7 Å². The Bertz CT molecular complexity index is 774. The van der Waals surface area contributed by atoms with Crippen LogP contribution in [0, 0.1) is 0 Å². The van der Waals surface area contributed by atoms with E-state index in [9.17, 15) is 4.79 Å². The third-order valence-electron chi connectivity index (χ3n) is 4.15. The van der Waals surface area contributed by atoms with E-state index in [4.69, 9.17) is 11.6 Å². The number of halogens is 1. The van der Waals surface area contributed by atoms with Crippen LogP contribution in [-0.2, 0) is 6.42 Å². The maximum Gasteiger partial charge on any atom is 0.251 e. The molecule has 0 bridgehead atoms. The van der Waals surface area contributed by atoms with Crippen LogP contribution in [0.5, 0.6) is 0 Å². The lowest BCUT2D eigenvalue weighted by atomic mass is 10.1. The summed E-state index contributed by atoms with van der Waals surface area (Å²) >= 11 is 5.96. The molecule has 0 heterocycles. The van der Waals surface area contributed by atoms with Gasteiger partial charge < -0.3 is 16.0 Å². The zero-order valence-electron chi connectivity index (χ0n) is 16.1. The van der Waals surface area contributed by atoms with E-state index in [1.165, 1.54) is 0 Å². The van der Waals surface area contributed by atoms with E-state index >= 15 is 0 Å². The molecule has 0 spiro atoms. The van der Waals surface area contributed by atoms with E-state index in [1.54, 1.807) is 7.05 Å². The molecule has 1 amide bonds. The Morgan fingerprint density at radius 2 is 1.93 bits per heavy atom. The molecule has 0 aliphatic carbocycles. The minimum absolute atomic E-state index is 0.0767. The highest BCUT2D eigenvalue weighted by molar-refractivity contribution is 6.30. The lowest BCUT2D eigenvalue weighted by molar-refractivity contribution is 0.0963. The van der Waals surface area contributed by atoms with Crippen LogP contribution in [0.2, 0.25) is 5.02 Å². The number of guanidine groups is 1. The monoisotopic (exact) mass is 386 g/mol. The largest absolute Gasteiger partial charge is 0.357 e. The number of carbonyl (C=O) groups is 1. The first kappa shape index (κ1) is 20.8. The third-order valence-corrected chi connectivity index (χ3v) is 4.41. The standard InChI is InChI=1S/C21H27ClN4O/c1-4-24-21(26-15(2)17-8-10-19(22)11-9-17)25-13-12-16-6-5-7-18(14-16)20(27)23-3/h5-11,14-15H,4,12-13H2,1-3H3,(H,23,27)(H2,24,25,26). The van der Waals surface area contributed by atoms with Gasteiger partial charge in [0.25, 0.3) is 5.91 Å². The Labute approximate surface area is 166 Å². The molecule has 1 atom stereocenters. The van der Waals surface area contributed by atoms with Crippen molar-refractivity contribution in [1.82, 2.24) is 16.0 Å². The molecule has 2 rings (SSSR count). The number of nitrogens with zero attached hydrogens (tertiary/aromatic N) is 1. The SMILES string of the molecule is CCNC(=NCCc1cccc(C(=O)NC)c1)NC(C)c1ccc(Cl)cc1. The fourth-order valence-electron chi connectivity index (χ4n) is 2.67. The number of rotatable bonds is 7. The molecule has 6 heteroatoms. The van der Waals surface area contributed by atoms with Gasteiger partial charge in [0.1, 0.15) is 0 Å². The fraction of sp³-hybridized carbons (Fsp3) is 0.333. The summed E-state index contributed by atoms with van der Waals surface area (Å²) in [6.45, 7) is 5.53. The summed E-state index contributed by atoms with van der Waals surface area (Å²) in [4.78, 5) is 16.4. The molecule has 1 unspecified atom stereocenters. The molecule has 5 nitrogen and oxygen atoms in total. The van der Waals surface area contributed by atoms with Gasteiger partial charge in [-0.05, 0) is 55.7 Å². The molecule has 27 heavy (non-hydrogen) atoms. The molecule has 0 aliphatic heterocycles. The van der Waals surface area contributed by atoms with Crippen LogP contribution in [0.1, 0.15) is 41.4 Å². The first-order valence-electron chi connectivity index (χ1n) is 9.14. The smallest absolute Gasteiger partial charge is 0.251 e. The van der Waals surface area contributed by atoms with Gasteiger partial charge in [0.2, 0.25) is 0 Å². The highest BCUT2D eigenvalue weighted by Gasteiger charge is 2.08. The molecule has 3 N–H and O–H groups in total. The molecule has 0 aromatic heterocycles. The number of amides is 1. The molecular formula is C21H27ClN4O. The zero-order valence-corrected chi connectivity index (χ0v) is 16.8. The highest BCUT2D eigenvalue weighted by atomic mass is 35.5. The van der Waals surface area contributed by atoms with E-state index in [0.717, 1.165) is 35.1 Å². The van der Waals surface area contributed by atoms with E-state index in [2.05, 4.69) is 27.9 Å². The average Bonchev–Trinajstić information content (AvgIpc) is 2.68. The topological polar surface area (TPSA) is 65.5 Å². The second kappa shape index (κ2) is 10.6. The lowest BCUT2D eigenvalue weighted by Crippen LogP contribution is -2.38. The van der Waals surface area contributed by atoms with Crippen LogP contribution in [0.3, 0.4) is 0 Å². The Hall–Kier alpha value is -2.53. The molecule has 0 radical (unpaired) electrons. The molecule has 2 aromatic carbocycles. The maximum absolute atomic E-state index is 11.7. The Morgan fingerprint density at radius 3 is 2.59 bits per heavy atom. The van der Waals surface area contributed by atoms with E-state index in [1.807, 2.05) is 55.5 Å². The summed E-state index contributed by atoms with van der Waals surface area (Å²) in [6.07, 6.45) is 0.761. The average molecular weight is 387 g/mol. The predicted octanol–water partition coefficient (Wildman–Crippen LogP) is 3.56. The van der Waals surface area contributed by atoms with Crippen LogP contribution in [0.4, 0.5) is 0 Å². The number of hydrogen-bond donors (Lipinski definition) is 3. The summed E-state index contributed by atoms with van der Waals surface area (Å²) in [6, 6.07) is 15.5. The number of nitrogens with one attached hydrogen (secondary N) is 3. The molecule has 0 aliphatic rings. The van der Waals surface area contributed by atoms with Crippen molar-refractivity contribution in [2.75, 3.05) is 20.1 Å². The summed E-state index contributed by atoms with van der Waals surface area (Å²) in [7, 11) is 1.63. The van der Waals surface area contributed by atoms with Gasteiger partial charge in [-0.3, -0.25) is 9.79 Å². The molecule has 2 aromatic rings. The van der Waals surface area contributed by atoms with Crippen molar-refractivity contribution >= 4 is 23.5 Å². The molecule has 0 saturated carbocycles. The van der Waals surface area contributed by atoms with Crippen LogP contribution in [0.25, 0.3) is 0 Å². The summed E-state index contributed by atoms with van der Waals surface area (Å²) in [5.41, 5.74) is 2.89. The van der Waals surface area contributed by atoms with Gasteiger partial charge in [-0.2, -0.15) is 0 Å². The minimum atomic E-state index is -0.0767. The Morgan fingerprint density at radius 1 is 1.19 bits per heavy atom. The quantitative estimate of drug-likeness (QED) is 0.503. The van der Waals surface area contributed by atoms with Gasteiger partial charge in [-0.25, -0.2) is 0 Å². The van der Waals surface area contributed by atoms with Gasteiger partial charge in [-0.1, -0.05) is 35.9 Å². The number of benzene rings is 2. The van der Waals surface area contributed by atoms with Crippen LogP contribution in [0.15, 0.2) is 53.5 Å². The van der Waals surface area contributed by atoms with E-state index < -0.39 is 0 Å². The van der Waals surface area contributed by atoms with Crippen molar-refractivity contribution in [2.24, 2.45) is 4.99 Å². The molecule has 144 valence electrons. The summed E-state index contributed by atoms with van der Waals surface area (Å²) < 4.78 is 0. The third kappa shape index (κ3) is 6.61. The fourth-order valence-corrected chi connectivity index (χ4v) is 2.80. The second-order valence-corrected chi connectivity index (χ2v) is 6.64. The first-order chi connectivity index (χ1) is 13.0. The van der Waals surface area contributed by atoms with Crippen molar-refractivity contribution in [3.05, 3.63) is 70.2 Å². The highest BCUT2D eigenvalue weighted by Crippen LogP contribution is 2.15. The maximum atomic E-state index is 11.7. The van der Waals surface area contributed by atoms with Crippen molar-refractivity contribution in [3.63, 3.8) is 0 Å². The molecule has 0 saturated heterocycles. The van der Waals surface area contributed by atoms with Crippen molar-refractivity contribution in [1.29, 1.82) is 0 Å². The lowest BCUT2D eigenvalue weighted by Gasteiger charge is -2.18. The molecule has 0 fully saturated rings. The van der Waals surface area contributed by atoms with E-state index in [-0.39, 0.29) is 11.9 Å². The van der Waals surface area contributed by atoms with Crippen molar-refractivity contribution < 1.29 is 4.79 Å². The first-order valence-corrected chi connectivity index (χ1v) is 9.52. The Kier molecular flexibility index (Phi) is 8.14. The summed E-state index contributed by atoms with van der Waals surface area (Å²) in [5.74, 6) is 0.689. The van der Waals surface area contributed by atoms with Gasteiger partial charge in [0.15, 0.2) is 5.96 Å². The van der Waals surface area contributed by atoms with Gasteiger partial charge >= 0.3 is 0 Å². The molecular weight excluding hydrogens is 360 g/mol. The number of aliphatic imine (C=N–C) groups is 1. The number of hydrogen-bond acceptors (Lipinski definition) is 2. The van der Waals surface area contributed by atoms with Crippen molar-refractivity contribution in [3.8, 4) is 0 Å². The van der Waals surface area contributed by atoms with Gasteiger partial charge in [0.05, 0.1) is 6.04 Å². The predicted molar refractivity (Wildman–Crippen MR) is 113 cm³/mol.